The maximum absolute atomic E-state index is 13.3. The third-order valence-electron chi connectivity index (χ3n) is 3.84. The number of nitro benzene ring substituents is 1. The molecule has 0 aliphatic carbocycles. The maximum Gasteiger partial charge on any atom is 0.271 e. The Balaban J connectivity index is 2.06. The van der Waals surface area contributed by atoms with Crippen LogP contribution in [0.3, 0.4) is 0 Å². The van der Waals surface area contributed by atoms with E-state index in [-0.39, 0.29) is 52.9 Å². The third-order valence-corrected chi connectivity index (χ3v) is 6.38. The summed E-state index contributed by atoms with van der Waals surface area (Å²) in [6.07, 6.45) is 0. The standard InChI is InChI=1S/C16H14BrFN2O6S/c17-13-9-11(18)1-3-14(13)26-15-4-2-12(20(21)22)10-16(15)27(23,24)19-5-7-25-8-6-19/h1-4,9-10H,5-8H2. The van der Waals surface area contributed by atoms with Gasteiger partial charge in [0, 0.05) is 25.2 Å². The van der Waals surface area contributed by atoms with Crippen LogP contribution in [0.1, 0.15) is 0 Å². The van der Waals surface area contributed by atoms with Crippen molar-refractivity contribution in [2.24, 2.45) is 0 Å². The number of rotatable bonds is 5. The lowest BCUT2D eigenvalue weighted by molar-refractivity contribution is -0.385. The van der Waals surface area contributed by atoms with E-state index in [2.05, 4.69) is 15.9 Å². The number of halogens is 2. The van der Waals surface area contributed by atoms with Gasteiger partial charge in [-0.15, -0.1) is 0 Å². The molecule has 0 N–H and O–H groups in total. The molecule has 8 nitrogen and oxygen atoms in total. The summed E-state index contributed by atoms with van der Waals surface area (Å²) in [5, 5.41) is 11.1. The van der Waals surface area contributed by atoms with Crippen LogP contribution in [0.2, 0.25) is 0 Å². The molecule has 1 heterocycles. The van der Waals surface area contributed by atoms with Gasteiger partial charge in [0.05, 0.1) is 22.6 Å². The van der Waals surface area contributed by atoms with Crippen molar-refractivity contribution in [3.05, 3.63) is 56.8 Å². The summed E-state index contributed by atoms with van der Waals surface area (Å²) in [6, 6.07) is 6.95. The van der Waals surface area contributed by atoms with E-state index in [0.717, 1.165) is 24.3 Å². The molecule has 1 aliphatic rings. The molecule has 1 aliphatic heterocycles. The van der Waals surface area contributed by atoms with Crippen molar-refractivity contribution in [1.29, 1.82) is 0 Å². The zero-order valence-corrected chi connectivity index (χ0v) is 16.2. The number of sulfonamides is 1. The molecule has 1 fully saturated rings. The van der Waals surface area contributed by atoms with Gasteiger partial charge in [0.1, 0.15) is 22.2 Å². The van der Waals surface area contributed by atoms with Gasteiger partial charge < -0.3 is 9.47 Å². The van der Waals surface area contributed by atoms with Crippen LogP contribution in [0, 0.1) is 15.9 Å². The highest BCUT2D eigenvalue weighted by atomic mass is 79.9. The zero-order valence-electron chi connectivity index (χ0n) is 13.8. The Morgan fingerprint density at radius 3 is 2.44 bits per heavy atom. The Morgan fingerprint density at radius 1 is 1.15 bits per heavy atom. The summed E-state index contributed by atoms with van der Waals surface area (Å²) in [5.41, 5.74) is -0.382. The summed E-state index contributed by atoms with van der Waals surface area (Å²) in [5.74, 6) is -0.429. The Bertz CT molecular complexity index is 979. The first kappa shape index (κ1) is 19.7. The highest BCUT2D eigenvalue weighted by Crippen LogP contribution is 2.36. The average molecular weight is 461 g/mol. The van der Waals surface area contributed by atoms with E-state index in [0.29, 0.717) is 0 Å². The van der Waals surface area contributed by atoms with Crippen LogP contribution in [-0.2, 0) is 14.8 Å². The number of hydrogen-bond acceptors (Lipinski definition) is 6. The van der Waals surface area contributed by atoms with Crippen molar-refractivity contribution in [3.63, 3.8) is 0 Å². The molecule has 144 valence electrons. The summed E-state index contributed by atoms with van der Waals surface area (Å²) < 4.78 is 51.5. The molecule has 0 saturated carbocycles. The largest absolute Gasteiger partial charge is 0.455 e. The lowest BCUT2D eigenvalue weighted by Gasteiger charge is -2.26. The molecule has 2 aromatic carbocycles. The second-order valence-corrected chi connectivity index (χ2v) is 8.34. The Morgan fingerprint density at radius 2 is 1.81 bits per heavy atom. The Hall–Kier alpha value is -2.08. The van der Waals surface area contributed by atoms with E-state index in [1.165, 1.54) is 16.4 Å². The van der Waals surface area contributed by atoms with E-state index >= 15 is 0 Å². The molecule has 0 unspecified atom stereocenters. The smallest absolute Gasteiger partial charge is 0.271 e. The first-order chi connectivity index (χ1) is 12.8. The molecule has 0 amide bonds. The van der Waals surface area contributed by atoms with E-state index in [9.17, 15) is 22.9 Å². The topological polar surface area (TPSA) is 99.0 Å². The van der Waals surface area contributed by atoms with Crippen LogP contribution in [0.5, 0.6) is 11.5 Å². The molecule has 0 atom stereocenters. The van der Waals surface area contributed by atoms with E-state index in [4.69, 9.17) is 9.47 Å². The van der Waals surface area contributed by atoms with Crippen molar-refractivity contribution in [3.8, 4) is 11.5 Å². The summed E-state index contributed by atoms with van der Waals surface area (Å²) in [7, 11) is -4.06. The predicted octanol–water partition coefficient (Wildman–Crippen LogP) is 3.31. The first-order valence-corrected chi connectivity index (χ1v) is 10.0. The van der Waals surface area contributed by atoms with Crippen molar-refractivity contribution in [1.82, 2.24) is 4.31 Å². The van der Waals surface area contributed by atoms with E-state index < -0.39 is 20.8 Å². The third kappa shape index (κ3) is 4.26. The van der Waals surface area contributed by atoms with Gasteiger partial charge in [-0.2, -0.15) is 4.31 Å². The number of nitrogens with zero attached hydrogens (tertiary/aromatic N) is 2. The highest BCUT2D eigenvalue weighted by Gasteiger charge is 2.31. The number of morpholine rings is 1. The first-order valence-electron chi connectivity index (χ1n) is 7.78. The number of ether oxygens (including phenoxy) is 2. The Kier molecular flexibility index (Phi) is 5.75. The highest BCUT2D eigenvalue weighted by molar-refractivity contribution is 9.10. The molecule has 1 saturated heterocycles. The second kappa shape index (κ2) is 7.89. The van der Waals surface area contributed by atoms with Gasteiger partial charge in [-0.1, -0.05) is 0 Å². The fourth-order valence-corrected chi connectivity index (χ4v) is 4.47. The maximum atomic E-state index is 13.3. The van der Waals surface area contributed by atoms with Gasteiger partial charge >= 0.3 is 0 Å². The van der Waals surface area contributed by atoms with Crippen LogP contribution in [-0.4, -0.2) is 43.9 Å². The molecular weight excluding hydrogens is 447 g/mol. The lowest BCUT2D eigenvalue weighted by Crippen LogP contribution is -2.40. The number of non-ortho nitro benzene ring substituents is 1. The molecule has 27 heavy (non-hydrogen) atoms. The molecule has 0 spiro atoms. The van der Waals surface area contributed by atoms with E-state index in [1.54, 1.807) is 0 Å². The number of benzene rings is 2. The minimum absolute atomic E-state index is 0.0978. The van der Waals surface area contributed by atoms with Gasteiger partial charge in [0.15, 0.2) is 0 Å². The lowest BCUT2D eigenvalue weighted by atomic mass is 10.3. The van der Waals surface area contributed by atoms with E-state index in [1.807, 2.05) is 0 Å². The molecule has 0 bridgehead atoms. The molecule has 0 radical (unpaired) electrons. The second-order valence-electron chi connectivity index (χ2n) is 5.58. The van der Waals surface area contributed by atoms with Crippen LogP contribution in [0.4, 0.5) is 10.1 Å². The fourth-order valence-electron chi connectivity index (χ4n) is 2.50. The van der Waals surface area contributed by atoms with Gasteiger partial charge in [-0.3, -0.25) is 10.1 Å². The van der Waals surface area contributed by atoms with Crippen molar-refractivity contribution >= 4 is 31.6 Å². The predicted molar refractivity (Wildman–Crippen MR) is 96.8 cm³/mol. The minimum Gasteiger partial charge on any atom is -0.455 e. The molecule has 11 heteroatoms. The van der Waals surface area contributed by atoms with Gasteiger partial charge in [-0.05, 0) is 40.2 Å². The quantitative estimate of drug-likeness (QED) is 0.501. The Labute approximate surface area is 162 Å². The SMILES string of the molecule is O=[N+]([O-])c1ccc(Oc2ccc(F)cc2Br)c(S(=O)(=O)N2CCOCC2)c1. The number of nitro groups is 1. The van der Waals surface area contributed by atoms with Crippen molar-refractivity contribution in [2.75, 3.05) is 26.3 Å². The minimum atomic E-state index is -4.06. The summed E-state index contributed by atoms with van der Waals surface area (Å²) in [6.45, 7) is 0.719. The molecule has 2 aromatic rings. The van der Waals surface area contributed by atoms with Gasteiger partial charge in [-0.25, -0.2) is 12.8 Å². The van der Waals surface area contributed by atoms with Gasteiger partial charge in [0.2, 0.25) is 10.0 Å². The molecule has 3 rings (SSSR count). The summed E-state index contributed by atoms with van der Waals surface area (Å²) in [4.78, 5) is 10.1. The summed E-state index contributed by atoms with van der Waals surface area (Å²) >= 11 is 3.14. The van der Waals surface area contributed by atoms with Crippen LogP contribution in [0.25, 0.3) is 0 Å². The van der Waals surface area contributed by atoms with Gasteiger partial charge in [0.25, 0.3) is 5.69 Å². The fraction of sp³-hybridized carbons (Fsp3) is 0.250. The van der Waals surface area contributed by atoms with Crippen LogP contribution < -0.4 is 4.74 Å². The van der Waals surface area contributed by atoms with Crippen molar-refractivity contribution in [2.45, 2.75) is 4.90 Å². The molecular formula is C16H14BrFN2O6S. The zero-order chi connectivity index (χ0) is 19.6. The average Bonchev–Trinajstić information content (AvgIpc) is 2.64. The van der Waals surface area contributed by atoms with Crippen molar-refractivity contribution < 1.29 is 27.2 Å². The number of hydrogen-bond donors (Lipinski definition) is 0. The monoisotopic (exact) mass is 460 g/mol. The van der Waals surface area contributed by atoms with Crippen LogP contribution in [0.15, 0.2) is 45.8 Å². The normalized spacial score (nSPS) is 15.5. The molecule has 0 aromatic heterocycles. The van der Waals surface area contributed by atoms with Crippen LogP contribution >= 0.6 is 15.9 Å².